The molecule has 0 aromatic carbocycles. The molecule has 1 aliphatic rings. The Morgan fingerprint density at radius 2 is 2.38 bits per heavy atom. The van der Waals surface area contributed by atoms with Crippen LogP contribution in [0.3, 0.4) is 0 Å². The van der Waals surface area contributed by atoms with Crippen molar-refractivity contribution in [2.24, 2.45) is 5.92 Å². The van der Waals surface area contributed by atoms with Crippen LogP contribution in [-0.2, 0) is 0 Å². The van der Waals surface area contributed by atoms with Gasteiger partial charge in [-0.1, -0.05) is 11.3 Å². The van der Waals surface area contributed by atoms with Gasteiger partial charge < -0.3 is 10.4 Å². The van der Waals surface area contributed by atoms with Crippen molar-refractivity contribution in [1.82, 2.24) is 10.2 Å². The monoisotopic (exact) mass is 199 g/mol. The molecule has 1 aromatic rings. The molecule has 2 rings (SSSR count). The number of anilines is 1. The first-order chi connectivity index (χ1) is 6.25. The minimum atomic E-state index is -0.218. The second kappa shape index (κ2) is 3.59. The van der Waals surface area contributed by atoms with Gasteiger partial charge in [0.25, 0.3) is 0 Å². The minimum Gasteiger partial charge on any atom is -0.391 e. The van der Waals surface area contributed by atoms with E-state index in [2.05, 4.69) is 15.5 Å². The maximum atomic E-state index is 9.55. The third-order valence-corrected chi connectivity index (χ3v) is 2.95. The molecule has 2 N–H and O–H groups in total. The largest absolute Gasteiger partial charge is 0.391 e. The molecule has 0 bridgehead atoms. The molecule has 4 nitrogen and oxygen atoms in total. The highest BCUT2D eigenvalue weighted by atomic mass is 32.1. The third kappa shape index (κ3) is 2.38. The van der Waals surface area contributed by atoms with Crippen molar-refractivity contribution in [3.05, 3.63) is 5.01 Å². The first-order valence-electron chi connectivity index (χ1n) is 4.48. The molecule has 1 atom stereocenters. The molecule has 0 saturated heterocycles. The Kier molecular flexibility index (Phi) is 2.46. The number of hydrogen-bond acceptors (Lipinski definition) is 5. The fourth-order valence-corrected chi connectivity index (χ4v) is 1.81. The topological polar surface area (TPSA) is 58.0 Å². The van der Waals surface area contributed by atoms with Gasteiger partial charge in [-0.15, -0.1) is 10.2 Å². The van der Waals surface area contributed by atoms with E-state index in [-0.39, 0.29) is 6.10 Å². The highest BCUT2D eigenvalue weighted by Gasteiger charge is 2.29. The lowest BCUT2D eigenvalue weighted by Gasteiger charge is -2.08. The summed E-state index contributed by atoms with van der Waals surface area (Å²) in [7, 11) is 0. The van der Waals surface area contributed by atoms with Crippen LogP contribution in [0.4, 0.5) is 5.13 Å². The standard InChI is InChI=1S/C8H13N3OS/c1-5-10-11-8(13-5)9-4-7(12)6-2-3-6/h6-7,12H,2-4H2,1H3,(H,9,11). The van der Waals surface area contributed by atoms with Crippen LogP contribution in [-0.4, -0.2) is 28.0 Å². The lowest BCUT2D eigenvalue weighted by Crippen LogP contribution is -2.21. The van der Waals surface area contributed by atoms with Gasteiger partial charge in [-0.05, 0) is 25.7 Å². The Hall–Kier alpha value is -0.680. The Bertz CT molecular complexity index is 285. The molecule has 1 heterocycles. The van der Waals surface area contributed by atoms with Crippen molar-refractivity contribution in [2.45, 2.75) is 25.9 Å². The van der Waals surface area contributed by atoms with E-state index in [9.17, 15) is 5.11 Å². The molecule has 72 valence electrons. The van der Waals surface area contributed by atoms with Crippen LogP contribution in [0.15, 0.2) is 0 Å². The average Bonchev–Trinajstić information content (AvgIpc) is 2.87. The van der Waals surface area contributed by atoms with Crippen molar-refractivity contribution >= 4 is 16.5 Å². The van der Waals surface area contributed by atoms with Gasteiger partial charge in [-0.2, -0.15) is 0 Å². The summed E-state index contributed by atoms with van der Waals surface area (Å²) in [5.74, 6) is 0.515. The molecule has 13 heavy (non-hydrogen) atoms. The first kappa shape index (κ1) is 8.90. The van der Waals surface area contributed by atoms with Crippen LogP contribution < -0.4 is 5.32 Å². The zero-order chi connectivity index (χ0) is 9.26. The number of nitrogens with one attached hydrogen (secondary N) is 1. The van der Waals surface area contributed by atoms with Gasteiger partial charge in [0.15, 0.2) is 0 Å². The van der Waals surface area contributed by atoms with E-state index >= 15 is 0 Å². The summed E-state index contributed by atoms with van der Waals surface area (Å²) in [6.45, 7) is 2.51. The molecule has 1 aromatic heterocycles. The Morgan fingerprint density at radius 1 is 1.62 bits per heavy atom. The number of aryl methyl sites for hydroxylation is 1. The number of aliphatic hydroxyl groups excluding tert-OH is 1. The highest BCUT2D eigenvalue weighted by molar-refractivity contribution is 7.15. The van der Waals surface area contributed by atoms with Crippen LogP contribution in [0.2, 0.25) is 0 Å². The number of aliphatic hydroxyl groups is 1. The number of rotatable bonds is 4. The van der Waals surface area contributed by atoms with E-state index in [0.717, 1.165) is 23.0 Å². The van der Waals surface area contributed by atoms with E-state index in [4.69, 9.17) is 0 Å². The van der Waals surface area contributed by atoms with E-state index in [0.29, 0.717) is 12.5 Å². The fourth-order valence-electron chi connectivity index (χ4n) is 1.21. The average molecular weight is 199 g/mol. The van der Waals surface area contributed by atoms with Crippen molar-refractivity contribution in [3.63, 3.8) is 0 Å². The molecule has 0 aliphatic heterocycles. The van der Waals surface area contributed by atoms with E-state index in [1.54, 1.807) is 0 Å². The van der Waals surface area contributed by atoms with Crippen LogP contribution in [0.25, 0.3) is 0 Å². The Balaban J connectivity index is 1.78. The normalized spacial score (nSPS) is 18.6. The molecule has 1 saturated carbocycles. The van der Waals surface area contributed by atoms with Crippen LogP contribution >= 0.6 is 11.3 Å². The van der Waals surface area contributed by atoms with Crippen LogP contribution in [0.5, 0.6) is 0 Å². The Labute approximate surface area is 81.0 Å². The van der Waals surface area contributed by atoms with E-state index in [1.165, 1.54) is 11.3 Å². The maximum Gasteiger partial charge on any atom is 0.205 e. The van der Waals surface area contributed by atoms with Crippen molar-refractivity contribution in [2.75, 3.05) is 11.9 Å². The SMILES string of the molecule is Cc1nnc(NCC(O)C2CC2)s1. The van der Waals surface area contributed by atoms with Gasteiger partial charge in [0.2, 0.25) is 5.13 Å². The van der Waals surface area contributed by atoms with Gasteiger partial charge in [0, 0.05) is 6.54 Å². The minimum absolute atomic E-state index is 0.218. The van der Waals surface area contributed by atoms with Gasteiger partial charge in [-0.25, -0.2) is 0 Å². The summed E-state index contributed by atoms with van der Waals surface area (Å²) in [6.07, 6.45) is 2.11. The molecule has 0 spiro atoms. The number of hydrogen-bond donors (Lipinski definition) is 2. The van der Waals surface area contributed by atoms with E-state index < -0.39 is 0 Å². The molecule has 1 fully saturated rings. The number of aromatic nitrogens is 2. The molecule has 0 amide bonds. The third-order valence-electron chi connectivity index (χ3n) is 2.15. The Morgan fingerprint density at radius 3 is 2.92 bits per heavy atom. The lowest BCUT2D eigenvalue weighted by atomic mass is 10.2. The molecule has 0 radical (unpaired) electrons. The van der Waals surface area contributed by atoms with Crippen molar-refractivity contribution in [1.29, 1.82) is 0 Å². The fraction of sp³-hybridized carbons (Fsp3) is 0.750. The zero-order valence-electron chi connectivity index (χ0n) is 7.53. The lowest BCUT2D eigenvalue weighted by molar-refractivity contribution is 0.164. The second-order valence-corrected chi connectivity index (χ2v) is 4.59. The predicted molar refractivity (Wildman–Crippen MR) is 51.9 cm³/mol. The first-order valence-corrected chi connectivity index (χ1v) is 5.29. The zero-order valence-corrected chi connectivity index (χ0v) is 8.34. The van der Waals surface area contributed by atoms with Crippen molar-refractivity contribution < 1.29 is 5.11 Å². The van der Waals surface area contributed by atoms with Crippen molar-refractivity contribution in [3.8, 4) is 0 Å². The maximum absolute atomic E-state index is 9.55. The second-order valence-electron chi connectivity index (χ2n) is 3.41. The van der Waals surface area contributed by atoms with Gasteiger partial charge in [0.1, 0.15) is 5.01 Å². The summed E-state index contributed by atoms with van der Waals surface area (Å²) in [6, 6.07) is 0. The molecular formula is C8H13N3OS. The summed E-state index contributed by atoms with van der Waals surface area (Å²) in [4.78, 5) is 0. The van der Waals surface area contributed by atoms with Gasteiger partial charge >= 0.3 is 0 Å². The molecular weight excluding hydrogens is 186 g/mol. The predicted octanol–water partition coefficient (Wildman–Crippen LogP) is 1.03. The molecule has 1 unspecified atom stereocenters. The smallest absolute Gasteiger partial charge is 0.205 e. The summed E-state index contributed by atoms with van der Waals surface area (Å²) < 4.78 is 0. The number of nitrogens with zero attached hydrogens (tertiary/aromatic N) is 2. The summed E-state index contributed by atoms with van der Waals surface area (Å²) in [5, 5.41) is 22.2. The summed E-state index contributed by atoms with van der Waals surface area (Å²) in [5.41, 5.74) is 0. The molecule has 5 heteroatoms. The quantitative estimate of drug-likeness (QED) is 0.760. The van der Waals surface area contributed by atoms with Crippen LogP contribution in [0, 0.1) is 12.8 Å². The van der Waals surface area contributed by atoms with Crippen LogP contribution in [0.1, 0.15) is 17.8 Å². The van der Waals surface area contributed by atoms with Gasteiger partial charge in [-0.3, -0.25) is 0 Å². The van der Waals surface area contributed by atoms with E-state index in [1.807, 2.05) is 6.92 Å². The molecule has 1 aliphatic carbocycles. The van der Waals surface area contributed by atoms with Gasteiger partial charge in [0.05, 0.1) is 6.10 Å². The highest BCUT2D eigenvalue weighted by Crippen LogP contribution is 2.32. The summed E-state index contributed by atoms with van der Waals surface area (Å²) >= 11 is 1.52.